The van der Waals surface area contributed by atoms with Crippen LogP contribution in [0.25, 0.3) is 10.1 Å². The quantitative estimate of drug-likeness (QED) is 0.236. The van der Waals surface area contributed by atoms with E-state index in [4.69, 9.17) is 4.74 Å². The maximum absolute atomic E-state index is 13.2. The number of nitrogens with zero attached hydrogens (tertiary/aromatic N) is 2. The monoisotopic (exact) mass is 449 g/mol. The van der Waals surface area contributed by atoms with Gasteiger partial charge in [-0.15, -0.1) is 11.3 Å². The number of ether oxygens (including phenoxy) is 1. The second kappa shape index (κ2) is 9.36. The van der Waals surface area contributed by atoms with E-state index in [0.717, 1.165) is 15.8 Å². The highest BCUT2D eigenvalue weighted by atomic mass is 32.1. The number of nitro groups is 1. The molecular weight excluding hydrogens is 433 g/mol. The third-order valence-electron chi connectivity index (χ3n) is 4.49. The van der Waals surface area contributed by atoms with Gasteiger partial charge in [0.25, 0.3) is 11.6 Å². The van der Waals surface area contributed by atoms with Gasteiger partial charge in [0.1, 0.15) is 18.2 Å². The summed E-state index contributed by atoms with van der Waals surface area (Å²) in [4.78, 5) is 23.1. The molecule has 0 saturated carbocycles. The van der Waals surface area contributed by atoms with Gasteiger partial charge in [0.2, 0.25) is 0 Å². The Morgan fingerprint density at radius 2 is 1.94 bits per heavy atom. The summed E-state index contributed by atoms with van der Waals surface area (Å²) in [7, 11) is 0. The molecule has 0 unspecified atom stereocenters. The number of halogens is 1. The lowest BCUT2D eigenvalue weighted by Crippen LogP contribution is -2.16. The molecule has 0 radical (unpaired) electrons. The Kier molecular flexibility index (Phi) is 6.18. The van der Waals surface area contributed by atoms with Crippen LogP contribution in [0.4, 0.5) is 10.1 Å². The molecule has 0 spiro atoms. The first-order chi connectivity index (χ1) is 15.5. The maximum atomic E-state index is 13.2. The van der Waals surface area contributed by atoms with E-state index >= 15 is 0 Å². The summed E-state index contributed by atoms with van der Waals surface area (Å²) < 4.78 is 19.6. The van der Waals surface area contributed by atoms with Crippen molar-refractivity contribution in [3.63, 3.8) is 0 Å². The average Bonchev–Trinajstić information content (AvgIpc) is 3.22. The fraction of sp³-hybridized carbons (Fsp3) is 0.0435. The summed E-state index contributed by atoms with van der Waals surface area (Å²) in [6, 6.07) is 19.3. The van der Waals surface area contributed by atoms with Crippen LogP contribution in [-0.4, -0.2) is 17.0 Å². The molecule has 1 aromatic heterocycles. The van der Waals surface area contributed by atoms with Gasteiger partial charge >= 0.3 is 0 Å². The lowest BCUT2D eigenvalue weighted by atomic mass is 10.2. The fourth-order valence-electron chi connectivity index (χ4n) is 2.92. The van der Waals surface area contributed by atoms with E-state index in [1.165, 1.54) is 41.8 Å². The lowest BCUT2D eigenvalue weighted by molar-refractivity contribution is -0.384. The zero-order valence-electron chi connectivity index (χ0n) is 16.5. The number of benzene rings is 3. The van der Waals surface area contributed by atoms with Crippen LogP contribution in [0.2, 0.25) is 0 Å². The van der Waals surface area contributed by atoms with Crippen molar-refractivity contribution in [3.8, 4) is 5.75 Å². The average molecular weight is 449 g/mol. The van der Waals surface area contributed by atoms with Crippen molar-refractivity contribution in [2.24, 2.45) is 5.10 Å². The Morgan fingerprint density at radius 1 is 1.12 bits per heavy atom. The molecule has 0 aliphatic carbocycles. The van der Waals surface area contributed by atoms with Crippen LogP contribution in [-0.2, 0) is 6.61 Å². The molecule has 0 aliphatic rings. The van der Waals surface area contributed by atoms with Crippen LogP contribution in [0, 0.1) is 15.9 Å². The second-order valence-corrected chi connectivity index (χ2v) is 7.86. The molecule has 0 fully saturated rings. The van der Waals surface area contributed by atoms with Gasteiger partial charge in [-0.05, 0) is 59.7 Å². The van der Waals surface area contributed by atoms with E-state index < -0.39 is 10.8 Å². The number of non-ortho nitro benzene ring substituents is 1. The topological polar surface area (TPSA) is 93.8 Å². The van der Waals surface area contributed by atoms with Crippen molar-refractivity contribution >= 4 is 39.2 Å². The predicted octanol–water partition coefficient (Wildman–Crippen LogP) is 5.29. The van der Waals surface area contributed by atoms with Crippen LogP contribution in [0.3, 0.4) is 0 Å². The molecule has 4 rings (SSSR count). The first-order valence-electron chi connectivity index (χ1n) is 9.47. The van der Waals surface area contributed by atoms with E-state index in [-0.39, 0.29) is 18.1 Å². The summed E-state index contributed by atoms with van der Waals surface area (Å²) >= 11 is 1.23. The van der Waals surface area contributed by atoms with Gasteiger partial charge < -0.3 is 4.74 Å². The summed E-state index contributed by atoms with van der Waals surface area (Å²) in [6.45, 7) is 0.250. The predicted molar refractivity (Wildman–Crippen MR) is 121 cm³/mol. The normalized spacial score (nSPS) is 11.0. The van der Waals surface area contributed by atoms with Gasteiger partial charge in [-0.2, -0.15) is 5.10 Å². The van der Waals surface area contributed by atoms with Gasteiger partial charge in [-0.3, -0.25) is 14.9 Å². The number of hydrogen-bond donors (Lipinski definition) is 1. The van der Waals surface area contributed by atoms with Crippen molar-refractivity contribution in [1.29, 1.82) is 0 Å². The number of fused-ring (bicyclic) bond motifs is 1. The Labute approximate surface area is 185 Å². The third-order valence-corrected chi connectivity index (χ3v) is 5.60. The van der Waals surface area contributed by atoms with Gasteiger partial charge in [-0.1, -0.05) is 12.1 Å². The molecule has 160 valence electrons. The molecule has 7 nitrogen and oxygen atoms in total. The first-order valence-corrected chi connectivity index (χ1v) is 10.3. The number of carbonyl (C=O) groups is 1. The Hall–Kier alpha value is -4.11. The molecule has 0 bridgehead atoms. The molecular formula is C23H16FN3O4S. The summed E-state index contributed by atoms with van der Waals surface area (Å²) in [5, 5.41) is 15.5. The van der Waals surface area contributed by atoms with Crippen LogP contribution < -0.4 is 10.2 Å². The number of nitro benzene ring substituents is 1. The van der Waals surface area contributed by atoms with Crippen LogP contribution >= 0.6 is 11.3 Å². The van der Waals surface area contributed by atoms with Crippen molar-refractivity contribution in [2.75, 3.05) is 0 Å². The number of thiophene rings is 1. The molecule has 3 aromatic carbocycles. The van der Waals surface area contributed by atoms with Crippen molar-refractivity contribution in [3.05, 3.63) is 105 Å². The smallest absolute Gasteiger partial charge is 0.281 e. The molecule has 1 heterocycles. The number of hydrogen-bond acceptors (Lipinski definition) is 6. The molecule has 0 saturated heterocycles. The Bertz CT molecular complexity index is 1320. The Morgan fingerprint density at radius 3 is 2.69 bits per heavy atom. The van der Waals surface area contributed by atoms with Crippen LogP contribution in [0.15, 0.2) is 77.9 Å². The zero-order valence-corrected chi connectivity index (χ0v) is 17.3. The van der Waals surface area contributed by atoms with Crippen molar-refractivity contribution < 1.29 is 18.8 Å². The molecule has 1 N–H and O–H groups in total. The van der Waals surface area contributed by atoms with E-state index in [9.17, 15) is 19.3 Å². The van der Waals surface area contributed by atoms with Gasteiger partial charge in [-0.25, -0.2) is 9.82 Å². The zero-order chi connectivity index (χ0) is 22.5. The summed E-state index contributed by atoms with van der Waals surface area (Å²) in [5.74, 6) is -0.0911. The SMILES string of the molecule is O=C(NN=Cc1ccc(OCc2cccc(F)c2)cc1)c1cc2cc([N+](=O)[O-])ccc2s1. The minimum atomic E-state index is -0.473. The second-order valence-electron chi connectivity index (χ2n) is 6.78. The maximum Gasteiger partial charge on any atom is 0.281 e. The highest BCUT2D eigenvalue weighted by Crippen LogP contribution is 2.28. The van der Waals surface area contributed by atoms with Gasteiger partial charge in [0.05, 0.1) is 16.0 Å². The molecule has 0 aliphatic heterocycles. The van der Waals surface area contributed by atoms with Crippen LogP contribution in [0.5, 0.6) is 5.75 Å². The molecule has 32 heavy (non-hydrogen) atoms. The van der Waals surface area contributed by atoms with E-state index in [1.807, 2.05) is 0 Å². The number of carbonyl (C=O) groups excluding carboxylic acids is 1. The number of nitrogens with one attached hydrogen (secondary N) is 1. The largest absolute Gasteiger partial charge is 0.489 e. The minimum absolute atomic E-state index is 0.0244. The number of hydrazone groups is 1. The first kappa shape index (κ1) is 21.1. The Balaban J connectivity index is 1.33. The minimum Gasteiger partial charge on any atom is -0.489 e. The van der Waals surface area contributed by atoms with Gasteiger partial charge in [0, 0.05) is 22.2 Å². The number of rotatable bonds is 7. The summed E-state index contributed by atoms with van der Waals surface area (Å²) in [5.41, 5.74) is 3.90. The van der Waals surface area contributed by atoms with Crippen molar-refractivity contribution in [1.82, 2.24) is 5.43 Å². The summed E-state index contributed by atoms with van der Waals surface area (Å²) in [6.07, 6.45) is 1.49. The van der Waals surface area contributed by atoms with Crippen LogP contribution in [0.1, 0.15) is 20.8 Å². The standard InChI is InChI=1S/C23H16FN3O4S/c24-18-3-1-2-16(10-18)14-31-20-7-4-15(5-8-20)13-25-26-23(28)22-12-17-11-19(27(29)30)6-9-21(17)32-22/h1-13H,14H2,(H,26,28). The van der Waals surface area contributed by atoms with E-state index in [1.54, 1.807) is 48.5 Å². The van der Waals surface area contributed by atoms with E-state index in [0.29, 0.717) is 16.0 Å². The number of amides is 1. The van der Waals surface area contributed by atoms with Crippen molar-refractivity contribution in [2.45, 2.75) is 6.61 Å². The molecule has 0 atom stereocenters. The van der Waals surface area contributed by atoms with E-state index in [2.05, 4.69) is 10.5 Å². The lowest BCUT2D eigenvalue weighted by Gasteiger charge is -2.06. The highest BCUT2D eigenvalue weighted by Gasteiger charge is 2.12. The van der Waals surface area contributed by atoms with Gasteiger partial charge in [0.15, 0.2) is 0 Å². The molecule has 1 amide bonds. The fourth-order valence-corrected chi connectivity index (χ4v) is 3.85. The highest BCUT2D eigenvalue weighted by molar-refractivity contribution is 7.20. The third kappa shape index (κ3) is 5.13. The molecule has 4 aromatic rings. The molecule has 9 heteroatoms.